The highest BCUT2D eigenvalue weighted by molar-refractivity contribution is 7.22. The van der Waals surface area contributed by atoms with Gasteiger partial charge in [0, 0.05) is 32.6 Å². The second-order valence-corrected chi connectivity index (χ2v) is 8.09. The molecule has 1 aliphatic heterocycles. The smallest absolute Gasteiger partial charge is 0.223 e. The normalized spacial score (nSPS) is 14.5. The topological polar surface area (TPSA) is 45.7 Å². The Morgan fingerprint density at radius 2 is 1.86 bits per heavy atom. The van der Waals surface area contributed by atoms with E-state index in [4.69, 9.17) is 9.72 Å². The minimum Gasteiger partial charge on any atom is -0.494 e. The van der Waals surface area contributed by atoms with Gasteiger partial charge >= 0.3 is 0 Å². The van der Waals surface area contributed by atoms with E-state index in [2.05, 4.69) is 30.0 Å². The van der Waals surface area contributed by atoms with Gasteiger partial charge in [0.25, 0.3) is 0 Å². The maximum atomic E-state index is 12.6. The molecule has 3 aromatic rings. The van der Waals surface area contributed by atoms with E-state index >= 15 is 0 Å². The number of hydrogen-bond donors (Lipinski definition) is 0. The van der Waals surface area contributed by atoms with Crippen molar-refractivity contribution in [2.45, 2.75) is 19.8 Å². The molecule has 1 saturated heterocycles. The van der Waals surface area contributed by atoms with Crippen molar-refractivity contribution < 1.29 is 9.53 Å². The minimum atomic E-state index is 0.241. The summed E-state index contributed by atoms with van der Waals surface area (Å²) in [5, 5.41) is 1.01. The first kappa shape index (κ1) is 18.7. The first-order valence-electron chi connectivity index (χ1n) is 9.66. The van der Waals surface area contributed by atoms with Crippen molar-refractivity contribution in [3.05, 3.63) is 53.6 Å². The van der Waals surface area contributed by atoms with Crippen LogP contribution in [0.5, 0.6) is 5.75 Å². The molecule has 0 bridgehead atoms. The zero-order valence-electron chi connectivity index (χ0n) is 16.4. The Morgan fingerprint density at radius 3 is 2.57 bits per heavy atom. The van der Waals surface area contributed by atoms with E-state index in [1.807, 2.05) is 29.2 Å². The molecule has 6 heteroatoms. The maximum absolute atomic E-state index is 12.6. The number of aryl methyl sites for hydroxylation is 2. The third-order valence-electron chi connectivity index (χ3n) is 5.29. The SMILES string of the molecule is COc1ccc(C)c2sc(N3CCN(C(=O)CCc4ccccc4)CC3)nc12. The Morgan fingerprint density at radius 1 is 1.11 bits per heavy atom. The molecule has 0 saturated carbocycles. The molecule has 1 amide bonds. The van der Waals surface area contributed by atoms with Crippen LogP contribution in [0.1, 0.15) is 17.5 Å². The summed E-state index contributed by atoms with van der Waals surface area (Å²) in [6.07, 6.45) is 1.37. The second-order valence-electron chi connectivity index (χ2n) is 7.11. The number of amides is 1. The number of nitrogens with zero attached hydrogens (tertiary/aromatic N) is 3. The monoisotopic (exact) mass is 395 g/mol. The number of aromatic nitrogens is 1. The van der Waals surface area contributed by atoms with Crippen LogP contribution in [0.15, 0.2) is 42.5 Å². The number of fused-ring (bicyclic) bond motifs is 1. The van der Waals surface area contributed by atoms with Gasteiger partial charge in [-0.1, -0.05) is 47.7 Å². The number of piperazine rings is 1. The Kier molecular flexibility index (Phi) is 5.48. The van der Waals surface area contributed by atoms with Gasteiger partial charge in [0.2, 0.25) is 5.91 Å². The van der Waals surface area contributed by atoms with E-state index in [-0.39, 0.29) is 5.91 Å². The molecule has 0 aliphatic carbocycles. The minimum absolute atomic E-state index is 0.241. The van der Waals surface area contributed by atoms with E-state index in [0.29, 0.717) is 6.42 Å². The first-order valence-corrected chi connectivity index (χ1v) is 10.5. The van der Waals surface area contributed by atoms with E-state index in [1.165, 1.54) is 15.8 Å². The summed E-state index contributed by atoms with van der Waals surface area (Å²) in [4.78, 5) is 21.7. The van der Waals surface area contributed by atoms with Crippen LogP contribution in [-0.4, -0.2) is 49.1 Å². The molecule has 1 aromatic heterocycles. The Balaban J connectivity index is 1.38. The number of methoxy groups -OCH3 is 1. The summed E-state index contributed by atoms with van der Waals surface area (Å²) in [5.41, 5.74) is 3.37. The number of benzene rings is 2. The molecule has 1 aliphatic rings. The molecule has 1 fully saturated rings. The van der Waals surface area contributed by atoms with Gasteiger partial charge in [0.15, 0.2) is 5.13 Å². The summed E-state index contributed by atoms with van der Waals surface area (Å²) in [7, 11) is 1.68. The lowest BCUT2D eigenvalue weighted by Crippen LogP contribution is -2.48. The predicted molar refractivity (Wildman–Crippen MR) is 114 cm³/mol. The number of ether oxygens (including phenoxy) is 1. The van der Waals surface area contributed by atoms with Crippen LogP contribution in [0.4, 0.5) is 5.13 Å². The molecule has 0 spiro atoms. The van der Waals surface area contributed by atoms with Crippen LogP contribution in [0.3, 0.4) is 0 Å². The second kappa shape index (κ2) is 8.19. The molecule has 2 aromatic carbocycles. The van der Waals surface area contributed by atoms with Gasteiger partial charge in [-0.3, -0.25) is 4.79 Å². The number of thiazole rings is 1. The van der Waals surface area contributed by atoms with E-state index < -0.39 is 0 Å². The molecule has 5 nitrogen and oxygen atoms in total. The van der Waals surface area contributed by atoms with Gasteiger partial charge in [-0.15, -0.1) is 0 Å². The molecule has 0 radical (unpaired) electrons. The summed E-state index contributed by atoms with van der Waals surface area (Å²) < 4.78 is 6.64. The van der Waals surface area contributed by atoms with Crippen LogP contribution >= 0.6 is 11.3 Å². The van der Waals surface area contributed by atoms with Crippen molar-refractivity contribution >= 4 is 32.6 Å². The molecule has 0 N–H and O–H groups in total. The van der Waals surface area contributed by atoms with Gasteiger partial charge in [0.1, 0.15) is 11.3 Å². The summed E-state index contributed by atoms with van der Waals surface area (Å²) in [5.74, 6) is 1.06. The van der Waals surface area contributed by atoms with Crippen LogP contribution in [-0.2, 0) is 11.2 Å². The highest BCUT2D eigenvalue weighted by atomic mass is 32.1. The highest BCUT2D eigenvalue weighted by Crippen LogP contribution is 2.36. The summed E-state index contributed by atoms with van der Waals surface area (Å²) in [6, 6.07) is 14.3. The van der Waals surface area contributed by atoms with Crippen LogP contribution < -0.4 is 9.64 Å². The maximum Gasteiger partial charge on any atom is 0.223 e. The fraction of sp³-hybridized carbons (Fsp3) is 0.364. The van der Waals surface area contributed by atoms with Gasteiger partial charge in [-0.2, -0.15) is 0 Å². The summed E-state index contributed by atoms with van der Waals surface area (Å²) in [6.45, 7) is 5.24. The fourth-order valence-electron chi connectivity index (χ4n) is 3.60. The largest absolute Gasteiger partial charge is 0.494 e. The molecular formula is C22H25N3O2S. The molecule has 2 heterocycles. The highest BCUT2D eigenvalue weighted by Gasteiger charge is 2.23. The van der Waals surface area contributed by atoms with E-state index in [9.17, 15) is 4.79 Å². The molecule has 4 rings (SSSR count). The third-order valence-corrected chi connectivity index (χ3v) is 6.54. The van der Waals surface area contributed by atoms with Gasteiger partial charge < -0.3 is 14.5 Å². The number of rotatable bonds is 5. The Bertz CT molecular complexity index is 963. The summed E-state index contributed by atoms with van der Waals surface area (Å²) >= 11 is 1.71. The molecule has 28 heavy (non-hydrogen) atoms. The van der Waals surface area contributed by atoms with Gasteiger partial charge in [-0.05, 0) is 30.5 Å². The Hall–Kier alpha value is -2.60. The van der Waals surface area contributed by atoms with E-state index in [0.717, 1.165) is 49.0 Å². The lowest BCUT2D eigenvalue weighted by Gasteiger charge is -2.34. The Labute approximate surface area is 169 Å². The number of hydrogen-bond acceptors (Lipinski definition) is 5. The van der Waals surface area contributed by atoms with Crippen molar-refractivity contribution in [3.63, 3.8) is 0 Å². The average Bonchev–Trinajstić information content (AvgIpc) is 3.20. The first-order chi connectivity index (χ1) is 13.7. The molecule has 0 unspecified atom stereocenters. The van der Waals surface area contributed by atoms with Gasteiger partial charge in [-0.25, -0.2) is 4.98 Å². The lowest BCUT2D eigenvalue weighted by molar-refractivity contribution is -0.131. The van der Waals surface area contributed by atoms with Crippen molar-refractivity contribution in [3.8, 4) is 5.75 Å². The van der Waals surface area contributed by atoms with Gasteiger partial charge in [0.05, 0.1) is 11.8 Å². The average molecular weight is 396 g/mol. The van der Waals surface area contributed by atoms with Crippen LogP contribution in [0.2, 0.25) is 0 Å². The zero-order chi connectivity index (χ0) is 19.5. The number of carbonyl (C=O) groups is 1. The van der Waals surface area contributed by atoms with Crippen molar-refractivity contribution in [1.29, 1.82) is 0 Å². The van der Waals surface area contributed by atoms with Crippen molar-refractivity contribution in [1.82, 2.24) is 9.88 Å². The third kappa shape index (κ3) is 3.83. The molecule has 0 atom stereocenters. The molecule has 146 valence electrons. The lowest BCUT2D eigenvalue weighted by atomic mass is 10.1. The standard InChI is InChI=1S/C22H25N3O2S/c1-16-8-10-18(27-2)20-21(16)28-22(23-20)25-14-12-24(13-15-25)19(26)11-9-17-6-4-3-5-7-17/h3-8,10H,9,11-15H2,1-2H3. The predicted octanol–water partition coefficient (Wildman–Crippen LogP) is 3.89. The fourth-order valence-corrected chi connectivity index (χ4v) is 4.70. The number of carbonyl (C=O) groups excluding carboxylic acids is 1. The van der Waals surface area contributed by atoms with Crippen LogP contribution in [0.25, 0.3) is 10.2 Å². The quantitative estimate of drug-likeness (QED) is 0.657. The molecular weight excluding hydrogens is 370 g/mol. The van der Waals surface area contributed by atoms with Crippen molar-refractivity contribution in [2.24, 2.45) is 0 Å². The van der Waals surface area contributed by atoms with E-state index in [1.54, 1.807) is 18.4 Å². The zero-order valence-corrected chi connectivity index (χ0v) is 17.2. The number of anilines is 1. The van der Waals surface area contributed by atoms with Crippen molar-refractivity contribution in [2.75, 3.05) is 38.2 Å². The van der Waals surface area contributed by atoms with Crippen LogP contribution in [0, 0.1) is 6.92 Å².